The molecule has 1 aliphatic carbocycles. The summed E-state index contributed by atoms with van der Waals surface area (Å²) in [7, 11) is 0. The van der Waals surface area contributed by atoms with Gasteiger partial charge in [0.05, 0.1) is 5.69 Å². The van der Waals surface area contributed by atoms with Crippen molar-refractivity contribution in [3.8, 4) is 0 Å². The van der Waals surface area contributed by atoms with Gasteiger partial charge in [0.25, 0.3) is 5.91 Å². The summed E-state index contributed by atoms with van der Waals surface area (Å²) in [6, 6.07) is 7.90. The number of hydrogen-bond donors (Lipinski definition) is 0. The number of nitrogens with zero attached hydrogens (tertiary/aromatic N) is 7. The van der Waals surface area contributed by atoms with Crippen LogP contribution < -0.4 is 9.80 Å². The highest BCUT2D eigenvalue weighted by Gasteiger charge is 2.27. The van der Waals surface area contributed by atoms with E-state index in [9.17, 15) is 4.79 Å². The lowest BCUT2D eigenvalue weighted by molar-refractivity contribution is 0.0739. The Balaban J connectivity index is 1.17. The molecule has 1 saturated carbocycles. The van der Waals surface area contributed by atoms with Crippen LogP contribution in [-0.2, 0) is 0 Å². The van der Waals surface area contributed by atoms with Gasteiger partial charge in [0, 0.05) is 45.2 Å². The lowest BCUT2D eigenvalue weighted by Gasteiger charge is -2.35. The van der Waals surface area contributed by atoms with Gasteiger partial charge < -0.3 is 14.7 Å². The van der Waals surface area contributed by atoms with E-state index in [0.717, 1.165) is 43.5 Å². The minimum absolute atomic E-state index is 0.0440. The maximum atomic E-state index is 12.8. The molecule has 0 atom stereocenters. The van der Waals surface area contributed by atoms with Crippen molar-refractivity contribution in [1.29, 1.82) is 0 Å². The zero-order valence-corrected chi connectivity index (χ0v) is 16.7. The fourth-order valence-electron chi connectivity index (χ4n) is 4.13. The molecule has 2 saturated heterocycles. The molecule has 4 heterocycles. The molecule has 0 bridgehead atoms. The van der Waals surface area contributed by atoms with Crippen LogP contribution in [0.5, 0.6) is 0 Å². The summed E-state index contributed by atoms with van der Waals surface area (Å²) in [4.78, 5) is 19.1. The van der Waals surface area contributed by atoms with Gasteiger partial charge in [0.1, 0.15) is 0 Å². The second-order valence-corrected chi connectivity index (χ2v) is 8.19. The van der Waals surface area contributed by atoms with Gasteiger partial charge in [0.15, 0.2) is 17.3 Å². The first-order valence-electron chi connectivity index (χ1n) is 10.7. The number of carbonyl (C=O) groups excluding carboxylic acids is 1. The van der Waals surface area contributed by atoms with Crippen LogP contribution in [0.15, 0.2) is 24.3 Å². The van der Waals surface area contributed by atoms with Crippen LogP contribution in [-0.4, -0.2) is 70.5 Å². The Labute approximate surface area is 170 Å². The molecule has 0 aromatic carbocycles. The van der Waals surface area contributed by atoms with Gasteiger partial charge in [-0.1, -0.05) is 0 Å². The first kappa shape index (κ1) is 18.3. The topological polar surface area (TPSA) is 78.4 Å². The van der Waals surface area contributed by atoms with Gasteiger partial charge in [-0.25, -0.2) is 0 Å². The lowest BCUT2D eigenvalue weighted by atomic mass is 10.1. The maximum absolute atomic E-state index is 12.8. The third kappa shape index (κ3) is 4.02. The summed E-state index contributed by atoms with van der Waals surface area (Å²) in [6.07, 6.45) is 6.14. The number of piperidine rings is 1. The molecule has 8 heteroatoms. The molecule has 2 aromatic heterocycles. The Morgan fingerprint density at radius 1 is 0.724 bits per heavy atom. The number of aromatic nitrogens is 4. The van der Waals surface area contributed by atoms with Crippen molar-refractivity contribution in [2.45, 2.75) is 38.0 Å². The smallest absolute Gasteiger partial charge is 0.274 e. The molecule has 3 aliphatic rings. The van der Waals surface area contributed by atoms with Crippen molar-refractivity contribution in [3.05, 3.63) is 35.7 Å². The third-order valence-corrected chi connectivity index (χ3v) is 6.11. The van der Waals surface area contributed by atoms with E-state index in [-0.39, 0.29) is 5.91 Å². The molecule has 8 nitrogen and oxygen atoms in total. The van der Waals surface area contributed by atoms with E-state index in [1.807, 2.05) is 17.0 Å². The van der Waals surface area contributed by atoms with Crippen LogP contribution in [0.1, 0.15) is 54.2 Å². The monoisotopic (exact) mass is 393 g/mol. The van der Waals surface area contributed by atoms with Gasteiger partial charge in [-0.2, -0.15) is 5.10 Å². The third-order valence-electron chi connectivity index (χ3n) is 6.11. The molecule has 2 aromatic rings. The van der Waals surface area contributed by atoms with Crippen LogP contribution in [0.4, 0.5) is 11.6 Å². The molecule has 0 spiro atoms. The average molecular weight is 393 g/mol. The fraction of sp³-hybridized carbons (Fsp3) is 0.571. The van der Waals surface area contributed by atoms with Gasteiger partial charge in [-0.3, -0.25) is 4.79 Å². The highest BCUT2D eigenvalue weighted by Crippen LogP contribution is 2.38. The molecule has 5 rings (SSSR count). The van der Waals surface area contributed by atoms with E-state index in [1.54, 1.807) is 0 Å². The second kappa shape index (κ2) is 7.93. The number of amides is 1. The van der Waals surface area contributed by atoms with Crippen LogP contribution in [0, 0.1) is 0 Å². The summed E-state index contributed by atoms with van der Waals surface area (Å²) in [6.45, 7) is 4.86. The van der Waals surface area contributed by atoms with Crippen LogP contribution in [0.25, 0.3) is 0 Å². The summed E-state index contributed by atoms with van der Waals surface area (Å²) in [5, 5.41) is 17.3. The molecule has 1 amide bonds. The summed E-state index contributed by atoms with van der Waals surface area (Å²) in [5.74, 6) is 2.34. The van der Waals surface area contributed by atoms with Crippen LogP contribution >= 0.6 is 0 Å². The molecular formula is C21H27N7O. The first-order chi connectivity index (χ1) is 14.3. The van der Waals surface area contributed by atoms with E-state index in [4.69, 9.17) is 0 Å². The molecule has 2 aliphatic heterocycles. The zero-order chi connectivity index (χ0) is 19.6. The highest BCUT2D eigenvalue weighted by molar-refractivity contribution is 5.92. The largest absolute Gasteiger partial charge is 0.355 e. The van der Waals surface area contributed by atoms with Gasteiger partial charge >= 0.3 is 0 Å². The van der Waals surface area contributed by atoms with Crippen molar-refractivity contribution in [2.75, 3.05) is 49.1 Å². The van der Waals surface area contributed by atoms with Crippen molar-refractivity contribution < 1.29 is 4.79 Å². The molecule has 152 valence electrons. The summed E-state index contributed by atoms with van der Waals surface area (Å²) >= 11 is 0. The van der Waals surface area contributed by atoms with E-state index in [2.05, 4.69) is 42.3 Å². The van der Waals surface area contributed by atoms with Gasteiger partial charge in [-0.05, 0) is 56.4 Å². The standard InChI is InChI=1S/C21H27N7O/c29-21(18-7-9-19(25-23-18)26-10-2-1-3-11-26)28-14-12-27(13-15-28)20-8-6-17(22-24-20)16-4-5-16/h6-9,16H,1-5,10-15H2. The Morgan fingerprint density at radius 3 is 1.97 bits per heavy atom. The van der Waals surface area contributed by atoms with Gasteiger partial charge in [-0.15, -0.1) is 15.3 Å². The predicted octanol–water partition coefficient (Wildman–Crippen LogP) is 2.10. The predicted molar refractivity (Wildman–Crippen MR) is 110 cm³/mol. The molecule has 0 unspecified atom stereocenters. The van der Waals surface area contributed by atoms with E-state index in [0.29, 0.717) is 24.7 Å². The minimum Gasteiger partial charge on any atom is -0.355 e. The quantitative estimate of drug-likeness (QED) is 0.787. The van der Waals surface area contributed by atoms with Crippen LogP contribution in [0.2, 0.25) is 0 Å². The maximum Gasteiger partial charge on any atom is 0.274 e. The minimum atomic E-state index is -0.0440. The normalized spacial score (nSPS) is 20.1. The zero-order valence-electron chi connectivity index (χ0n) is 16.7. The molecule has 29 heavy (non-hydrogen) atoms. The van der Waals surface area contributed by atoms with Crippen molar-refractivity contribution in [3.63, 3.8) is 0 Å². The molecular weight excluding hydrogens is 366 g/mol. The molecule has 3 fully saturated rings. The number of piperazine rings is 1. The summed E-state index contributed by atoms with van der Waals surface area (Å²) < 4.78 is 0. The number of anilines is 2. The molecule has 0 radical (unpaired) electrons. The average Bonchev–Trinajstić information content (AvgIpc) is 3.65. The fourth-order valence-corrected chi connectivity index (χ4v) is 4.13. The lowest BCUT2D eigenvalue weighted by Crippen LogP contribution is -2.49. The van der Waals surface area contributed by atoms with E-state index < -0.39 is 0 Å². The first-order valence-corrected chi connectivity index (χ1v) is 10.7. The van der Waals surface area contributed by atoms with Crippen LogP contribution in [0.3, 0.4) is 0 Å². The number of carbonyl (C=O) groups is 1. The highest BCUT2D eigenvalue weighted by atomic mass is 16.2. The summed E-state index contributed by atoms with van der Waals surface area (Å²) in [5.41, 5.74) is 1.53. The van der Waals surface area contributed by atoms with E-state index in [1.165, 1.54) is 32.1 Å². The molecule has 0 N–H and O–H groups in total. The van der Waals surface area contributed by atoms with Crippen molar-refractivity contribution in [2.24, 2.45) is 0 Å². The van der Waals surface area contributed by atoms with E-state index >= 15 is 0 Å². The Hall–Kier alpha value is -2.77. The Morgan fingerprint density at radius 2 is 1.38 bits per heavy atom. The van der Waals surface area contributed by atoms with Crippen molar-refractivity contribution in [1.82, 2.24) is 25.3 Å². The van der Waals surface area contributed by atoms with Crippen molar-refractivity contribution >= 4 is 17.5 Å². The number of rotatable bonds is 4. The Kier molecular flexibility index (Phi) is 4.99. The number of hydrogen-bond acceptors (Lipinski definition) is 7. The Bertz CT molecular complexity index is 836. The van der Waals surface area contributed by atoms with Gasteiger partial charge in [0.2, 0.25) is 0 Å². The SMILES string of the molecule is O=C(c1ccc(N2CCCCC2)nn1)N1CCN(c2ccc(C3CC3)nn2)CC1. The second-order valence-electron chi connectivity index (χ2n) is 8.19.